The fraction of sp³-hybridized carbons (Fsp3) is 0.938. The van der Waals surface area contributed by atoms with Crippen LogP contribution in [-0.4, -0.2) is 47.4 Å². The van der Waals surface area contributed by atoms with E-state index in [2.05, 4.69) is 31.3 Å². The van der Waals surface area contributed by atoms with Gasteiger partial charge in [0.25, 0.3) is 0 Å². The Balaban J connectivity index is 3.36. The SMILES string of the molecule is CCCCCCCCCCCCCCCCC(O)C(CO)NC(=O)CCCCCCCCCCCCC/C=C\CCCCCCCCCCCCCCOC(=O)CCCCCCCCCCCCCCC. The Morgan fingerprint density at radius 2 is 0.662 bits per heavy atom. The molecule has 71 heavy (non-hydrogen) atoms. The number of ether oxygens (including phenoxy) is 1. The van der Waals surface area contributed by atoms with Gasteiger partial charge in [0.1, 0.15) is 0 Å². The van der Waals surface area contributed by atoms with Crippen LogP contribution in [0.2, 0.25) is 0 Å². The summed E-state index contributed by atoms with van der Waals surface area (Å²) in [5.74, 6) is -0.0161. The molecule has 0 radical (unpaired) electrons. The van der Waals surface area contributed by atoms with Crippen molar-refractivity contribution in [2.75, 3.05) is 13.2 Å². The van der Waals surface area contributed by atoms with Crippen LogP contribution in [0.25, 0.3) is 0 Å². The van der Waals surface area contributed by atoms with Gasteiger partial charge >= 0.3 is 5.97 Å². The number of amides is 1. The second-order valence-electron chi connectivity index (χ2n) is 22.5. The van der Waals surface area contributed by atoms with Gasteiger partial charge < -0.3 is 20.3 Å². The number of rotatable bonds is 61. The average Bonchev–Trinajstić information content (AvgIpc) is 3.37. The quantitative estimate of drug-likeness (QED) is 0.0320. The van der Waals surface area contributed by atoms with Crippen LogP contribution in [-0.2, 0) is 14.3 Å². The second-order valence-corrected chi connectivity index (χ2v) is 22.5. The maximum absolute atomic E-state index is 12.5. The summed E-state index contributed by atoms with van der Waals surface area (Å²) >= 11 is 0. The zero-order valence-electron chi connectivity index (χ0n) is 48.2. The first kappa shape index (κ1) is 69.6. The van der Waals surface area contributed by atoms with E-state index in [9.17, 15) is 19.8 Å². The molecule has 0 rings (SSSR count). The van der Waals surface area contributed by atoms with Gasteiger partial charge in [0, 0.05) is 12.8 Å². The van der Waals surface area contributed by atoms with Crippen molar-refractivity contribution in [3.63, 3.8) is 0 Å². The van der Waals surface area contributed by atoms with Crippen LogP contribution in [0.15, 0.2) is 12.2 Å². The zero-order valence-corrected chi connectivity index (χ0v) is 48.2. The van der Waals surface area contributed by atoms with E-state index in [1.165, 1.54) is 295 Å². The first-order chi connectivity index (χ1) is 35.0. The van der Waals surface area contributed by atoms with Crippen LogP contribution in [0.1, 0.15) is 367 Å². The van der Waals surface area contributed by atoms with Crippen molar-refractivity contribution in [1.82, 2.24) is 5.32 Å². The fourth-order valence-corrected chi connectivity index (χ4v) is 10.3. The van der Waals surface area contributed by atoms with Crippen molar-refractivity contribution in [3.05, 3.63) is 12.2 Å². The Kier molecular flexibility index (Phi) is 59.9. The predicted octanol–water partition coefficient (Wildman–Crippen LogP) is 20.4. The van der Waals surface area contributed by atoms with Crippen molar-refractivity contribution in [2.45, 2.75) is 379 Å². The largest absolute Gasteiger partial charge is 0.466 e. The summed E-state index contributed by atoms with van der Waals surface area (Å²) in [6.45, 7) is 4.98. The topological polar surface area (TPSA) is 95.9 Å². The van der Waals surface area contributed by atoms with E-state index in [4.69, 9.17) is 4.74 Å². The number of unbranched alkanes of at least 4 members (excludes halogenated alkanes) is 48. The number of aliphatic hydroxyl groups excluding tert-OH is 2. The third-order valence-corrected chi connectivity index (χ3v) is 15.3. The van der Waals surface area contributed by atoms with E-state index in [0.717, 1.165) is 38.5 Å². The third kappa shape index (κ3) is 57.7. The van der Waals surface area contributed by atoms with Crippen molar-refractivity contribution < 1.29 is 24.5 Å². The van der Waals surface area contributed by atoms with Gasteiger partial charge in [-0.3, -0.25) is 9.59 Å². The molecular weight excluding hydrogens is 875 g/mol. The lowest BCUT2D eigenvalue weighted by molar-refractivity contribution is -0.143. The number of hydrogen-bond acceptors (Lipinski definition) is 5. The smallest absolute Gasteiger partial charge is 0.305 e. The average molecular weight is 1000 g/mol. The molecule has 0 aliphatic heterocycles. The van der Waals surface area contributed by atoms with E-state index in [1.54, 1.807) is 0 Å². The Morgan fingerprint density at radius 3 is 1.00 bits per heavy atom. The third-order valence-electron chi connectivity index (χ3n) is 15.3. The summed E-state index contributed by atoms with van der Waals surface area (Å²) in [4.78, 5) is 24.5. The molecule has 0 saturated carbocycles. The van der Waals surface area contributed by atoms with Gasteiger partial charge in [-0.1, -0.05) is 315 Å². The molecule has 0 saturated heterocycles. The number of carbonyl (C=O) groups is 2. The van der Waals surface area contributed by atoms with Crippen LogP contribution in [0.5, 0.6) is 0 Å². The standard InChI is InChI=1S/C65H127NO5/c1-3-5-7-9-11-13-15-17-34-37-41-45-49-53-57-63(68)62(61-67)66-64(69)58-54-50-46-42-38-35-31-29-27-25-23-21-19-18-20-22-24-26-28-30-32-36-40-44-48-52-56-60-71-65(70)59-55-51-47-43-39-33-16-14-12-10-8-6-4-2/h18-19,62-63,67-68H,3-17,20-61H2,1-2H3,(H,66,69)/b19-18-. The number of carbonyl (C=O) groups excluding carboxylic acids is 2. The Bertz CT molecular complexity index is 1060. The number of nitrogens with one attached hydrogen (secondary N) is 1. The highest BCUT2D eigenvalue weighted by atomic mass is 16.5. The first-order valence-electron chi connectivity index (χ1n) is 32.4. The monoisotopic (exact) mass is 1000 g/mol. The minimum absolute atomic E-state index is 0.0173. The van der Waals surface area contributed by atoms with Gasteiger partial charge in [-0.25, -0.2) is 0 Å². The molecule has 3 N–H and O–H groups in total. The molecule has 2 atom stereocenters. The molecule has 0 aromatic carbocycles. The normalized spacial score (nSPS) is 12.6. The van der Waals surface area contributed by atoms with Gasteiger partial charge in [0.05, 0.1) is 25.4 Å². The lowest BCUT2D eigenvalue weighted by Gasteiger charge is -2.22. The van der Waals surface area contributed by atoms with Crippen LogP contribution in [0, 0.1) is 0 Å². The van der Waals surface area contributed by atoms with Crippen LogP contribution in [0.4, 0.5) is 0 Å². The maximum atomic E-state index is 12.5. The zero-order chi connectivity index (χ0) is 51.4. The van der Waals surface area contributed by atoms with E-state index < -0.39 is 12.1 Å². The number of hydrogen-bond donors (Lipinski definition) is 3. The van der Waals surface area contributed by atoms with E-state index in [1.807, 2.05) is 0 Å². The minimum Gasteiger partial charge on any atom is -0.466 e. The van der Waals surface area contributed by atoms with Gasteiger partial charge in [0.15, 0.2) is 0 Å². The summed E-state index contributed by atoms with van der Waals surface area (Å²) in [5, 5.41) is 23.3. The molecule has 2 unspecified atom stereocenters. The molecule has 422 valence electrons. The minimum atomic E-state index is -0.663. The molecule has 0 spiro atoms. The van der Waals surface area contributed by atoms with Crippen LogP contribution in [0.3, 0.4) is 0 Å². The number of allylic oxidation sites excluding steroid dienone is 2. The van der Waals surface area contributed by atoms with E-state index >= 15 is 0 Å². The van der Waals surface area contributed by atoms with Gasteiger partial charge in [0.2, 0.25) is 5.91 Å². The molecule has 0 heterocycles. The van der Waals surface area contributed by atoms with Crippen LogP contribution >= 0.6 is 0 Å². The predicted molar refractivity (Wildman–Crippen MR) is 310 cm³/mol. The summed E-state index contributed by atoms with van der Waals surface area (Å²) in [5.41, 5.74) is 0. The van der Waals surface area contributed by atoms with Gasteiger partial charge in [-0.15, -0.1) is 0 Å². The number of esters is 1. The molecule has 0 bridgehead atoms. The van der Waals surface area contributed by atoms with Crippen LogP contribution < -0.4 is 5.32 Å². The molecule has 0 aliphatic rings. The molecule has 0 fully saturated rings. The molecule has 6 nitrogen and oxygen atoms in total. The highest BCUT2D eigenvalue weighted by Crippen LogP contribution is 2.18. The maximum Gasteiger partial charge on any atom is 0.305 e. The van der Waals surface area contributed by atoms with Gasteiger partial charge in [-0.05, 0) is 51.4 Å². The molecule has 6 heteroatoms. The summed E-state index contributed by atoms with van der Waals surface area (Å²) < 4.78 is 5.48. The molecule has 0 aromatic heterocycles. The Hall–Kier alpha value is -1.40. The van der Waals surface area contributed by atoms with Crippen molar-refractivity contribution >= 4 is 11.9 Å². The van der Waals surface area contributed by atoms with Crippen molar-refractivity contribution in [2.24, 2.45) is 0 Å². The summed E-state index contributed by atoms with van der Waals surface area (Å²) in [6, 6.07) is -0.541. The lowest BCUT2D eigenvalue weighted by atomic mass is 10.0. The first-order valence-corrected chi connectivity index (χ1v) is 32.4. The Morgan fingerprint density at radius 1 is 0.380 bits per heavy atom. The molecular formula is C65H127NO5. The lowest BCUT2D eigenvalue weighted by Crippen LogP contribution is -2.45. The van der Waals surface area contributed by atoms with E-state index in [-0.39, 0.29) is 18.5 Å². The Labute approximate surface area is 444 Å². The highest BCUT2D eigenvalue weighted by molar-refractivity contribution is 5.76. The van der Waals surface area contributed by atoms with E-state index in [0.29, 0.717) is 25.9 Å². The number of aliphatic hydroxyl groups is 2. The molecule has 0 aliphatic carbocycles. The van der Waals surface area contributed by atoms with Crippen molar-refractivity contribution in [3.8, 4) is 0 Å². The molecule has 1 amide bonds. The second kappa shape index (κ2) is 61.1. The molecule has 0 aromatic rings. The van der Waals surface area contributed by atoms with Gasteiger partial charge in [-0.2, -0.15) is 0 Å². The highest BCUT2D eigenvalue weighted by Gasteiger charge is 2.20. The summed E-state index contributed by atoms with van der Waals surface area (Å²) in [7, 11) is 0. The van der Waals surface area contributed by atoms with Crippen molar-refractivity contribution in [1.29, 1.82) is 0 Å². The fourth-order valence-electron chi connectivity index (χ4n) is 10.3. The summed E-state index contributed by atoms with van der Waals surface area (Å²) in [6.07, 6.45) is 73.8.